The van der Waals surface area contributed by atoms with Gasteiger partial charge in [0.05, 0.1) is 0 Å². The van der Waals surface area contributed by atoms with Crippen molar-refractivity contribution in [3.8, 4) is 0 Å². The first-order valence-electron chi connectivity index (χ1n) is 6.97. The highest BCUT2D eigenvalue weighted by Crippen LogP contribution is 2.26. The van der Waals surface area contributed by atoms with E-state index in [1.54, 1.807) is 0 Å². The molecule has 0 fully saturated rings. The molecule has 1 heterocycles. The van der Waals surface area contributed by atoms with Gasteiger partial charge in [-0.3, -0.25) is 0 Å². The lowest BCUT2D eigenvalue weighted by atomic mass is 10.1. The predicted molar refractivity (Wildman–Crippen MR) is 80.0 cm³/mol. The second kappa shape index (κ2) is 8.78. The Morgan fingerprint density at radius 1 is 1.33 bits per heavy atom. The third kappa shape index (κ3) is 5.59. The fourth-order valence-electron chi connectivity index (χ4n) is 1.94. The molecule has 1 unspecified atom stereocenters. The maximum absolute atomic E-state index is 6.08. The van der Waals surface area contributed by atoms with Crippen LogP contribution in [0.15, 0.2) is 16.5 Å². The molecule has 1 rings (SSSR count). The lowest BCUT2D eigenvalue weighted by molar-refractivity contribution is 0.162. The summed E-state index contributed by atoms with van der Waals surface area (Å²) < 4.78 is 12.0. The summed E-state index contributed by atoms with van der Waals surface area (Å²) >= 11 is 5.70. The van der Waals surface area contributed by atoms with Gasteiger partial charge >= 0.3 is 0 Å². The summed E-state index contributed by atoms with van der Waals surface area (Å²) in [4.78, 5) is 0. The van der Waals surface area contributed by atoms with Gasteiger partial charge in [-0.05, 0) is 38.1 Å². The first-order valence-corrected chi connectivity index (χ1v) is 10.3. The maximum atomic E-state index is 6.08. The standard InChI is InChI=1S/C14H25ClO2Si/c1-4-5-8-14(17-18(2)3)13-10-9-12(16-13)7-6-11-15/h9-10,14,18H,4-8,11H2,1-3H3. The highest BCUT2D eigenvalue weighted by Gasteiger charge is 2.17. The Morgan fingerprint density at radius 3 is 2.72 bits per heavy atom. The van der Waals surface area contributed by atoms with Gasteiger partial charge in [-0.2, -0.15) is 0 Å². The zero-order chi connectivity index (χ0) is 13.4. The first-order chi connectivity index (χ1) is 8.67. The van der Waals surface area contributed by atoms with Gasteiger partial charge in [-0.1, -0.05) is 19.8 Å². The molecule has 0 aliphatic rings. The van der Waals surface area contributed by atoms with Crippen molar-refractivity contribution in [1.29, 1.82) is 0 Å². The first kappa shape index (κ1) is 15.8. The van der Waals surface area contributed by atoms with Crippen LogP contribution >= 0.6 is 11.6 Å². The van der Waals surface area contributed by atoms with E-state index in [0.29, 0.717) is 5.88 Å². The van der Waals surface area contributed by atoms with E-state index in [-0.39, 0.29) is 6.10 Å². The van der Waals surface area contributed by atoms with E-state index in [1.165, 1.54) is 12.8 Å². The minimum atomic E-state index is -1.03. The van der Waals surface area contributed by atoms with E-state index in [0.717, 1.165) is 30.8 Å². The molecule has 1 aromatic rings. The summed E-state index contributed by atoms with van der Waals surface area (Å²) in [5.74, 6) is 2.71. The number of rotatable bonds is 9. The van der Waals surface area contributed by atoms with Crippen molar-refractivity contribution in [3.05, 3.63) is 23.7 Å². The minimum absolute atomic E-state index is 0.154. The highest BCUT2D eigenvalue weighted by atomic mass is 35.5. The molecule has 0 bridgehead atoms. The average molecular weight is 289 g/mol. The summed E-state index contributed by atoms with van der Waals surface area (Å²) in [7, 11) is -1.03. The number of furan rings is 1. The normalized spacial score (nSPS) is 13.2. The predicted octanol–water partition coefficient (Wildman–Crippen LogP) is 4.68. The molecule has 2 nitrogen and oxygen atoms in total. The zero-order valence-electron chi connectivity index (χ0n) is 11.7. The Hall–Kier alpha value is -0.253. The summed E-state index contributed by atoms with van der Waals surface area (Å²) in [6.45, 7) is 6.62. The molecule has 0 aliphatic heterocycles. The number of aryl methyl sites for hydroxylation is 1. The van der Waals surface area contributed by atoms with Crippen LogP contribution in [0.3, 0.4) is 0 Å². The van der Waals surface area contributed by atoms with Crippen LogP contribution < -0.4 is 0 Å². The number of halogens is 1. The Balaban J connectivity index is 2.62. The smallest absolute Gasteiger partial charge is 0.171 e. The largest absolute Gasteiger partial charge is 0.463 e. The van der Waals surface area contributed by atoms with Gasteiger partial charge in [0, 0.05) is 12.3 Å². The van der Waals surface area contributed by atoms with Gasteiger partial charge in [0.1, 0.15) is 17.6 Å². The fourth-order valence-corrected chi connectivity index (χ4v) is 3.00. The van der Waals surface area contributed by atoms with Crippen LogP contribution in [0.5, 0.6) is 0 Å². The van der Waals surface area contributed by atoms with Crippen molar-refractivity contribution in [2.45, 2.75) is 58.2 Å². The Morgan fingerprint density at radius 2 is 2.11 bits per heavy atom. The SMILES string of the molecule is CCCCC(O[SiH](C)C)c1ccc(CCCCl)o1. The van der Waals surface area contributed by atoms with Crippen LogP contribution in [-0.2, 0) is 10.8 Å². The monoisotopic (exact) mass is 288 g/mol. The highest BCUT2D eigenvalue weighted by molar-refractivity contribution is 6.48. The minimum Gasteiger partial charge on any atom is -0.463 e. The molecule has 0 amide bonds. The van der Waals surface area contributed by atoms with Gasteiger partial charge < -0.3 is 8.84 Å². The topological polar surface area (TPSA) is 22.4 Å². The average Bonchev–Trinajstić information content (AvgIpc) is 2.80. The van der Waals surface area contributed by atoms with Gasteiger partial charge in [-0.25, -0.2) is 0 Å². The summed E-state index contributed by atoms with van der Waals surface area (Å²) in [5, 5.41) is 0. The van der Waals surface area contributed by atoms with E-state index in [2.05, 4.69) is 32.2 Å². The van der Waals surface area contributed by atoms with Crippen LogP contribution in [0.2, 0.25) is 13.1 Å². The van der Waals surface area contributed by atoms with Gasteiger partial charge in [0.25, 0.3) is 0 Å². The number of hydrogen-bond acceptors (Lipinski definition) is 2. The second-order valence-corrected chi connectivity index (χ2v) is 7.66. The van der Waals surface area contributed by atoms with Crippen LogP contribution in [0.4, 0.5) is 0 Å². The lowest BCUT2D eigenvalue weighted by Crippen LogP contribution is -2.13. The summed E-state index contributed by atoms with van der Waals surface area (Å²) in [6.07, 6.45) is 5.48. The van der Waals surface area contributed by atoms with Crippen molar-refractivity contribution in [2.24, 2.45) is 0 Å². The molecule has 0 N–H and O–H groups in total. The van der Waals surface area contributed by atoms with E-state index in [1.807, 2.05) is 0 Å². The van der Waals surface area contributed by atoms with Gasteiger partial charge in [-0.15, -0.1) is 11.6 Å². The van der Waals surface area contributed by atoms with Crippen LogP contribution in [-0.4, -0.2) is 14.9 Å². The molecular weight excluding hydrogens is 264 g/mol. The molecule has 0 radical (unpaired) electrons. The van der Waals surface area contributed by atoms with Crippen molar-refractivity contribution in [3.63, 3.8) is 0 Å². The lowest BCUT2D eigenvalue weighted by Gasteiger charge is -2.18. The number of unbranched alkanes of at least 4 members (excludes halogenated alkanes) is 1. The third-order valence-corrected chi connectivity index (χ3v) is 3.95. The fraction of sp³-hybridized carbons (Fsp3) is 0.714. The quantitative estimate of drug-likeness (QED) is 0.486. The Labute approximate surface area is 117 Å². The molecular formula is C14H25ClO2Si. The molecule has 0 saturated heterocycles. The van der Waals surface area contributed by atoms with E-state index >= 15 is 0 Å². The molecule has 4 heteroatoms. The molecule has 0 spiro atoms. The molecule has 18 heavy (non-hydrogen) atoms. The van der Waals surface area contributed by atoms with Crippen LogP contribution in [0.1, 0.15) is 50.2 Å². The van der Waals surface area contributed by atoms with Crippen LogP contribution in [0, 0.1) is 0 Å². The molecule has 104 valence electrons. The molecule has 1 atom stereocenters. The summed E-state index contributed by atoms with van der Waals surface area (Å²) in [5.41, 5.74) is 0. The van der Waals surface area contributed by atoms with Gasteiger partial charge in [0.2, 0.25) is 0 Å². The third-order valence-electron chi connectivity index (χ3n) is 2.81. The van der Waals surface area contributed by atoms with E-state index in [4.69, 9.17) is 20.4 Å². The molecule has 0 aromatic carbocycles. The van der Waals surface area contributed by atoms with Crippen LogP contribution in [0.25, 0.3) is 0 Å². The number of hydrogen-bond donors (Lipinski definition) is 0. The van der Waals surface area contributed by atoms with E-state index < -0.39 is 9.04 Å². The summed E-state index contributed by atoms with van der Waals surface area (Å²) in [6, 6.07) is 4.13. The molecule has 0 aliphatic carbocycles. The van der Waals surface area contributed by atoms with Gasteiger partial charge in [0.15, 0.2) is 9.04 Å². The maximum Gasteiger partial charge on any atom is 0.171 e. The Kier molecular flexibility index (Phi) is 7.71. The Bertz CT molecular complexity index is 325. The zero-order valence-corrected chi connectivity index (χ0v) is 13.7. The second-order valence-electron chi connectivity index (χ2n) is 4.91. The van der Waals surface area contributed by atoms with Crippen molar-refractivity contribution in [1.82, 2.24) is 0 Å². The number of alkyl halides is 1. The van der Waals surface area contributed by atoms with Crippen molar-refractivity contribution >= 4 is 20.6 Å². The molecule has 0 saturated carbocycles. The van der Waals surface area contributed by atoms with Crippen molar-refractivity contribution in [2.75, 3.05) is 5.88 Å². The van der Waals surface area contributed by atoms with E-state index in [9.17, 15) is 0 Å². The molecule has 1 aromatic heterocycles. The van der Waals surface area contributed by atoms with Crippen molar-refractivity contribution < 1.29 is 8.84 Å².